The van der Waals surface area contributed by atoms with Gasteiger partial charge in [-0.1, -0.05) is 17.7 Å². The van der Waals surface area contributed by atoms with Crippen molar-refractivity contribution in [2.24, 2.45) is 14.1 Å². The number of nitrogens with zero attached hydrogens (tertiary/aromatic N) is 5. The average Bonchev–Trinajstić information content (AvgIpc) is 3.37. The summed E-state index contributed by atoms with van der Waals surface area (Å²) in [5, 5.41) is 16.3. The monoisotopic (exact) mass is 532 g/mol. The first-order valence-corrected chi connectivity index (χ1v) is 12.2. The number of ether oxygens (including phenoxy) is 1. The first-order valence-electron chi connectivity index (χ1n) is 11.8. The fourth-order valence-electron chi connectivity index (χ4n) is 4.41. The summed E-state index contributed by atoms with van der Waals surface area (Å²) in [6.07, 6.45) is 2.99. The molecule has 198 valence electrons. The fraction of sp³-hybridized carbons (Fsp3) is 0.423. The summed E-state index contributed by atoms with van der Waals surface area (Å²) < 4.78 is 35.6. The summed E-state index contributed by atoms with van der Waals surface area (Å²) in [4.78, 5) is 13.4. The molecular weight excluding hydrogens is 502 g/mol. The Balaban J connectivity index is 1.86. The second-order valence-corrected chi connectivity index (χ2v) is 9.73. The fourth-order valence-corrected chi connectivity index (χ4v) is 4.71. The summed E-state index contributed by atoms with van der Waals surface area (Å²) in [5.74, 6) is -0.983. The van der Waals surface area contributed by atoms with Crippen LogP contribution in [0.1, 0.15) is 47.5 Å². The van der Waals surface area contributed by atoms with Crippen LogP contribution in [0.25, 0.3) is 10.9 Å². The molecule has 0 saturated carbocycles. The number of hydrogen-bond acceptors (Lipinski definition) is 6. The minimum Gasteiger partial charge on any atom is -0.481 e. The van der Waals surface area contributed by atoms with Crippen molar-refractivity contribution in [1.29, 1.82) is 0 Å². The molecule has 0 saturated heterocycles. The van der Waals surface area contributed by atoms with Gasteiger partial charge in [-0.3, -0.25) is 0 Å². The number of nitrogens with one attached hydrogen (secondary N) is 1. The smallest absolute Gasteiger partial charge is 0.246 e. The molecule has 4 aromatic rings. The normalized spacial score (nSPS) is 12.5. The third-order valence-corrected chi connectivity index (χ3v) is 7.25. The van der Waals surface area contributed by atoms with Crippen LogP contribution in [0.3, 0.4) is 0 Å². The number of hydrogen-bond donors (Lipinski definition) is 2. The van der Waals surface area contributed by atoms with E-state index in [9.17, 15) is 13.9 Å². The van der Waals surface area contributed by atoms with E-state index in [4.69, 9.17) is 16.3 Å². The summed E-state index contributed by atoms with van der Waals surface area (Å²) in [5.41, 5.74) is 1.18. The number of rotatable bonds is 9. The molecule has 3 aromatic heterocycles. The van der Waals surface area contributed by atoms with E-state index in [0.29, 0.717) is 44.3 Å². The van der Waals surface area contributed by atoms with Crippen molar-refractivity contribution in [3.63, 3.8) is 0 Å². The lowest BCUT2D eigenvalue weighted by Crippen LogP contribution is -2.33. The number of imidazole rings is 2. The van der Waals surface area contributed by atoms with Crippen LogP contribution >= 0.6 is 11.6 Å². The van der Waals surface area contributed by atoms with E-state index >= 15 is 0 Å². The molecule has 0 bridgehead atoms. The summed E-state index contributed by atoms with van der Waals surface area (Å²) in [6.45, 7) is 4.90. The Hall–Kier alpha value is -3.08. The molecule has 0 radical (unpaired) electrons. The van der Waals surface area contributed by atoms with Gasteiger partial charge in [-0.2, -0.15) is 0 Å². The van der Waals surface area contributed by atoms with E-state index in [1.807, 2.05) is 37.1 Å². The highest BCUT2D eigenvalue weighted by atomic mass is 35.5. The number of aliphatic hydroxyl groups is 1. The van der Waals surface area contributed by atoms with Gasteiger partial charge in [0.2, 0.25) is 11.8 Å². The second kappa shape index (κ2) is 10.00. The van der Waals surface area contributed by atoms with Crippen molar-refractivity contribution in [1.82, 2.24) is 29.4 Å². The molecule has 11 heteroatoms. The molecule has 0 atom stereocenters. The number of fused-ring (bicyclic) bond motifs is 1. The van der Waals surface area contributed by atoms with Gasteiger partial charge in [-0.05, 0) is 38.5 Å². The number of aromatic nitrogens is 5. The lowest BCUT2D eigenvalue weighted by molar-refractivity contribution is 0.0133. The van der Waals surface area contributed by atoms with Crippen molar-refractivity contribution in [2.75, 3.05) is 13.7 Å². The van der Waals surface area contributed by atoms with Crippen molar-refractivity contribution < 1.29 is 18.6 Å². The highest BCUT2D eigenvalue weighted by molar-refractivity contribution is 6.36. The molecule has 0 spiro atoms. The lowest BCUT2D eigenvalue weighted by Gasteiger charge is -2.30. The van der Waals surface area contributed by atoms with E-state index < -0.39 is 11.5 Å². The lowest BCUT2D eigenvalue weighted by atomic mass is 9.86. The second-order valence-electron chi connectivity index (χ2n) is 9.35. The van der Waals surface area contributed by atoms with Crippen molar-refractivity contribution in [3.8, 4) is 5.88 Å². The standard InChI is InChI=1S/C26H31ClF2N6O2/c1-15-31-13-21(34(15)4)26(36,22-14-32-16(2)35(22)5)17-7-8-20-18(11-17)23(27)19(24(33-20)37-6)12-30-10-9-25(3,28)29/h7-8,11,13-14,30,36H,9-10,12H2,1-6H3. The first kappa shape index (κ1) is 27.0. The zero-order valence-electron chi connectivity index (χ0n) is 21.7. The van der Waals surface area contributed by atoms with Gasteiger partial charge in [0, 0.05) is 44.6 Å². The molecule has 0 aliphatic rings. The predicted octanol–water partition coefficient (Wildman–Crippen LogP) is 4.40. The maximum Gasteiger partial charge on any atom is 0.246 e. The van der Waals surface area contributed by atoms with Gasteiger partial charge >= 0.3 is 0 Å². The SMILES string of the molecule is COc1nc2ccc(C(O)(c3cnc(C)n3C)c3cnc(C)n3C)cc2c(Cl)c1CNCCC(C)(F)F. The molecule has 0 unspecified atom stereocenters. The predicted molar refractivity (Wildman–Crippen MR) is 138 cm³/mol. The molecule has 4 rings (SSSR count). The zero-order chi connectivity index (χ0) is 27.1. The Morgan fingerprint density at radius 1 is 1.08 bits per heavy atom. The van der Waals surface area contributed by atoms with Crippen LogP contribution in [0.4, 0.5) is 8.78 Å². The average molecular weight is 533 g/mol. The summed E-state index contributed by atoms with van der Waals surface area (Å²) in [7, 11) is 5.17. The molecule has 0 amide bonds. The molecule has 8 nitrogen and oxygen atoms in total. The van der Waals surface area contributed by atoms with E-state index in [-0.39, 0.29) is 19.5 Å². The Labute approximate surface area is 219 Å². The highest BCUT2D eigenvalue weighted by Crippen LogP contribution is 2.40. The number of aryl methyl sites for hydroxylation is 2. The van der Waals surface area contributed by atoms with Gasteiger partial charge in [-0.15, -0.1) is 0 Å². The van der Waals surface area contributed by atoms with Gasteiger partial charge < -0.3 is 24.3 Å². The topological polar surface area (TPSA) is 90.0 Å². The highest BCUT2D eigenvalue weighted by Gasteiger charge is 2.40. The number of halogens is 3. The zero-order valence-corrected chi connectivity index (χ0v) is 22.5. The third kappa shape index (κ3) is 4.93. The maximum absolute atomic E-state index is 13.2. The minimum absolute atomic E-state index is 0.0977. The van der Waals surface area contributed by atoms with Crippen LogP contribution in [0, 0.1) is 13.8 Å². The Morgan fingerprint density at radius 3 is 2.16 bits per heavy atom. The van der Waals surface area contributed by atoms with Crippen LogP contribution < -0.4 is 10.1 Å². The quantitative estimate of drug-likeness (QED) is 0.311. The van der Waals surface area contributed by atoms with Crippen molar-refractivity contribution in [2.45, 2.75) is 45.3 Å². The molecule has 2 N–H and O–H groups in total. The van der Waals surface area contributed by atoms with Gasteiger partial charge in [0.15, 0.2) is 5.60 Å². The van der Waals surface area contributed by atoms with E-state index in [0.717, 1.165) is 18.6 Å². The Kier molecular flexibility index (Phi) is 7.29. The van der Waals surface area contributed by atoms with E-state index in [1.54, 1.807) is 30.6 Å². The van der Waals surface area contributed by atoms with Gasteiger partial charge in [-0.25, -0.2) is 23.7 Å². The van der Waals surface area contributed by atoms with Crippen molar-refractivity contribution in [3.05, 3.63) is 69.8 Å². The van der Waals surface area contributed by atoms with Gasteiger partial charge in [0.25, 0.3) is 0 Å². The van der Waals surface area contributed by atoms with E-state index in [2.05, 4.69) is 20.3 Å². The Morgan fingerprint density at radius 2 is 1.68 bits per heavy atom. The van der Waals surface area contributed by atoms with Crippen LogP contribution in [0.15, 0.2) is 30.6 Å². The van der Waals surface area contributed by atoms with Gasteiger partial charge in [0.1, 0.15) is 11.6 Å². The molecule has 0 aliphatic carbocycles. The van der Waals surface area contributed by atoms with Gasteiger partial charge in [0.05, 0.1) is 41.4 Å². The third-order valence-electron chi connectivity index (χ3n) is 6.81. The first-order chi connectivity index (χ1) is 17.4. The molecular formula is C26H31ClF2N6O2. The molecule has 37 heavy (non-hydrogen) atoms. The molecule has 0 fully saturated rings. The molecule has 3 heterocycles. The van der Waals surface area contributed by atoms with Crippen molar-refractivity contribution >= 4 is 22.5 Å². The van der Waals surface area contributed by atoms with Crippen LogP contribution in [-0.2, 0) is 26.2 Å². The number of pyridine rings is 1. The summed E-state index contributed by atoms with van der Waals surface area (Å²) >= 11 is 6.85. The number of benzene rings is 1. The number of alkyl halides is 2. The molecule has 0 aliphatic heterocycles. The minimum atomic E-state index is -2.77. The van der Waals surface area contributed by atoms with Crippen LogP contribution in [0.2, 0.25) is 5.02 Å². The maximum atomic E-state index is 13.2. The van der Waals surface area contributed by atoms with Crippen LogP contribution in [0.5, 0.6) is 5.88 Å². The molecule has 1 aromatic carbocycles. The van der Waals surface area contributed by atoms with E-state index in [1.165, 1.54) is 7.11 Å². The number of methoxy groups -OCH3 is 1. The van der Waals surface area contributed by atoms with Crippen LogP contribution in [-0.4, -0.2) is 48.8 Å². The Bertz CT molecular complexity index is 1400. The largest absolute Gasteiger partial charge is 0.481 e. The summed E-state index contributed by atoms with van der Waals surface area (Å²) in [6, 6.07) is 5.35.